The third-order valence-electron chi connectivity index (χ3n) is 2.86. The number of alkyl halides is 3. The molecule has 102 valence electrons. The number of amides is 1. The monoisotopic (exact) mass is 270 g/mol. The molecule has 0 fully saturated rings. The fraction of sp³-hybridized carbons (Fsp3) is 0.308. The molecule has 0 saturated carbocycles. The average Bonchev–Trinajstić information content (AvgIpc) is 2.81. The number of fused-ring (bicyclic) bond motifs is 1. The Kier molecular flexibility index (Phi) is 3.50. The molecule has 2 rings (SSSR count). The number of rotatable bonds is 3. The van der Waals surface area contributed by atoms with Crippen molar-refractivity contribution in [2.24, 2.45) is 0 Å². The number of nitrogens with one attached hydrogen (secondary N) is 1. The lowest BCUT2D eigenvalue weighted by Crippen LogP contribution is -2.38. The zero-order valence-corrected chi connectivity index (χ0v) is 10.3. The Bertz CT molecular complexity index is 589. The van der Waals surface area contributed by atoms with Crippen LogP contribution in [0, 0.1) is 0 Å². The standard InChI is InChI=1S/C13H13F3N2O/c1-2-18(8-13(14,15)16)12(19)10-4-3-5-11-9(10)6-7-17-11/h3-7,17H,2,8H2,1H3. The number of H-pyrrole nitrogens is 1. The van der Waals surface area contributed by atoms with Crippen molar-refractivity contribution >= 4 is 16.8 Å². The highest BCUT2D eigenvalue weighted by atomic mass is 19.4. The van der Waals surface area contributed by atoms with Gasteiger partial charge in [-0.05, 0) is 25.1 Å². The summed E-state index contributed by atoms with van der Waals surface area (Å²) in [5.74, 6) is -0.606. The van der Waals surface area contributed by atoms with Crippen LogP contribution >= 0.6 is 0 Å². The first-order valence-electron chi connectivity index (χ1n) is 5.84. The van der Waals surface area contributed by atoms with E-state index < -0.39 is 18.6 Å². The van der Waals surface area contributed by atoms with Crippen LogP contribution in [0.25, 0.3) is 10.9 Å². The minimum atomic E-state index is -4.39. The van der Waals surface area contributed by atoms with Gasteiger partial charge in [0.25, 0.3) is 5.91 Å². The van der Waals surface area contributed by atoms with Crippen LogP contribution in [-0.2, 0) is 0 Å². The number of hydrogen-bond donors (Lipinski definition) is 1. The number of halogens is 3. The number of benzene rings is 1. The molecule has 0 aliphatic rings. The Labute approximate surface area is 108 Å². The Morgan fingerprint density at radius 2 is 2.05 bits per heavy atom. The molecule has 0 bridgehead atoms. The molecule has 0 atom stereocenters. The Morgan fingerprint density at radius 1 is 1.32 bits per heavy atom. The molecule has 19 heavy (non-hydrogen) atoms. The maximum absolute atomic E-state index is 12.4. The summed E-state index contributed by atoms with van der Waals surface area (Å²) in [5, 5.41) is 0.633. The Balaban J connectivity index is 2.34. The zero-order chi connectivity index (χ0) is 14.0. The van der Waals surface area contributed by atoms with Crippen LogP contribution in [0.5, 0.6) is 0 Å². The smallest absolute Gasteiger partial charge is 0.361 e. The summed E-state index contributed by atoms with van der Waals surface area (Å²) >= 11 is 0. The van der Waals surface area contributed by atoms with E-state index >= 15 is 0 Å². The van der Waals surface area contributed by atoms with Gasteiger partial charge in [-0.15, -0.1) is 0 Å². The van der Waals surface area contributed by atoms with Crippen molar-refractivity contribution < 1.29 is 18.0 Å². The third kappa shape index (κ3) is 2.89. The van der Waals surface area contributed by atoms with Crippen molar-refractivity contribution in [1.29, 1.82) is 0 Å². The highest BCUT2D eigenvalue weighted by Crippen LogP contribution is 2.22. The minimum absolute atomic E-state index is 0.0130. The van der Waals surface area contributed by atoms with Gasteiger partial charge in [-0.25, -0.2) is 0 Å². The second kappa shape index (κ2) is 4.95. The summed E-state index contributed by atoms with van der Waals surface area (Å²) < 4.78 is 37.3. The summed E-state index contributed by atoms with van der Waals surface area (Å²) in [5.41, 5.74) is 1.01. The van der Waals surface area contributed by atoms with E-state index in [0.29, 0.717) is 5.39 Å². The number of aromatic nitrogens is 1. The molecule has 0 saturated heterocycles. The number of carbonyl (C=O) groups is 1. The quantitative estimate of drug-likeness (QED) is 0.913. The van der Waals surface area contributed by atoms with Crippen LogP contribution in [0.3, 0.4) is 0 Å². The van der Waals surface area contributed by atoms with Crippen molar-refractivity contribution in [2.45, 2.75) is 13.1 Å². The molecule has 1 amide bonds. The van der Waals surface area contributed by atoms with Gasteiger partial charge in [0.1, 0.15) is 6.54 Å². The molecule has 0 unspecified atom stereocenters. The number of nitrogens with zero attached hydrogens (tertiary/aromatic N) is 1. The third-order valence-corrected chi connectivity index (χ3v) is 2.86. The highest BCUT2D eigenvalue weighted by Gasteiger charge is 2.32. The fourth-order valence-electron chi connectivity index (χ4n) is 1.99. The van der Waals surface area contributed by atoms with E-state index in [4.69, 9.17) is 0 Å². The van der Waals surface area contributed by atoms with Gasteiger partial charge in [0.15, 0.2) is 0 Å². The fourth-order valence-corrected chi connectivity index (χ4v) is 1.99. The average molecular weight is 270 g/mol. The molecule has 3 nitrogen and oxygen atoms in total. The second-order valence-corrected chi connectivity index (χ2v) is 4.18. The number of hydrogen-bond acceptors (Lipinski definition) is 1. The Morgan fingerprint density at radius 3 is 2.68 bits per heavy atom. The molecule has 1 N–H and O–H groups in total. The van der Waals surface area contributed by atoms with E-state index in [9.17, 15) is 18.0 Å². The molecule has 1 aromatic heterocycles. The van der Waals surface area contributed by atoms with Crippen molar-refractivity contribution in [3.8, 4) is 0 Å². The maximum Gasteiger partial charge on any atom is 0.406 e. The lowest BCUT2D eigenvalue weighted by Gasteiger charge is -2.22. The molecular weight excluding hydrogens is 257 g/mol. The Hall–Kier alpha value is -1.98. The largest absolute Gasteiger partial charge is 0.406 e. The van der Waals surface area contributed by atoms with Gasteiger partial charge < -0.3 is 9.88 Å². The van der Waals surface area contributed by atoms with Crippen molar-refractivity contribution in [3.05, 3.63) is 36.0 Å². The summed E-state index contributed by atoms with van der Waals surface area (Å²) in [6, 6.07) is 6.64. The summed E-state index contributed by atoms with van der Waals surface area (Å²) in [7, 11) is 0. The van der Waals surface area contributed by atoms with Crippen molar-refractivity contribution in [2.75, 3.05) is 13.1 Å². The van der Waals surface area contributed by atoms with Gasteiger partial charge in [0, 0.05) is 29.2 Å². The van der Waals surface area contributed by atoms with Gasteiger partial charge in [-0.2, -0.15) is 13.2 Å². The van der Waals surface area contributed by atoms with Crippen LogP contribution in [-0.4, -0.2) is 35.1 Å². The summed E-state index contributed by atoms with van der Waals surface area (Å²) in [4.78, 5) is 15.9. The summed E-state index contributed by atoms with van der Waals surface area (Å²) in [6.45, 7) is 0.309. The van der Waals surface area contributed by atoms with Crippen molar-refractivity contribution in [3.63, 3.8) is 0 Å². The molecular formula is C13H13F3N2O. The van der Waals surface area contributed by atoms with Crippen LogP contribution in [0.1, 0.15) is 17.3 Å². The second-order valence-electron chi connectivity index (χ2n) is 4.18. The molecule has 0 aliphatic heterocycles. The first-order chi connectivity index (χ1) is 8.92. The number of aromatic amines is 1. The molecule has 1 aromatic carbocycles. The van der Waals surface area contributed by atoms with Gasteiger partial charge in [0.05, 0.1) is 0 Å². The highest BCUT2D eigenvalue weighted by molar-refractivity contribution is 6.06. The lowest BCUT2D eigenvalue weighted by molar-refractivity contribution is -0.140. The molecule has 0 aliphatic carbocycles. The molecule has 0 radical (unpaired) electrons. The van der Waals surface area contributed by atoms with E-state index in [1.807, 2.05) is 0 Å². The molecule has 6 heteroatoms. The number of carbonyl (C=O) groups excluding carboxylic acids is 1. The summed E-state index contributed by atoms with van der Waals surface area (Å²) in [6.07, 6.45) is -2.74. The van der Waals surface area contributed by atoms with Gasteiger partial charge >= 0.3 is 6.18 Å². The van der Waals surface area contributed by atoms with Crippen LogP contribution in [0.15, 0.2) is 30.5 Å². The van der Waals surface area contributed by atoms with Crippen LogP contribution < -0.4 is 0 Å². The first kappa shape index (κ1) is 13.5. The zero-order valence-electron chi connectivity index (χ0n) is 10.3. The van der Waals surface area contributed by atoms with E-state index in [0.717, 1.165) is 10.4 Å². The van der Waals surface area contributed by atoms with Gasteiger partial charge in [0.2, 0.25) is 0 Å². The minimum Gasteiger partial charge on any atom is -0.361 e. The molecule has 1 heterocycles. The first-order valence-corrected chi connectivity index (χ1v) is 5.84. The van der Waals surface area contributed by atoms with E-state index in [1.54, 1.807) is 24.4 Å². The van der Waals surface area contributed by atoms with Crippen LogP contribution in [0.4, 0.5) is 13.2 Å². The predicted molar refractivity (Wildman–Crippen MR) is 65.9 cm³/mol. The topological polar surface area (TPSA) is 36.1 Å². The lowest BCUT2D eigenvalue weighted by atomic mass is 10.1. The normalized spacial score (nSPS) is 11.8. The van der Waals surface area contributed by atoms with Gasteiger partial charge in [-0.3, -0.25) is 4.79 Å². The molecule has 2 aromatic rings. The SMILES string of the molecule is CCN(CC(F)(F)F)C(=O)c1cccc2[nH]ccc12. The van der Waals surface area contributed by atoms with Crippen LogP contribution in [0.2, 0.25) is 0 Å². The van der Waals surface area contributed by atoms with E-state index in [1.165, 1.54) is 13.0 Å². The molecule has 0 spiro atoms. The maximum atomic E-state index is 12.4. The van der Waals surface area contributed by atoms with Gasteiger partial charge in [-0.1, -0.05) is 6.07 Å². The van der Waals surface area contributed by atoms with Crippen molar-refractivity contribution in [1.82, 2.24) is 9.88 Å². The predicted octanol–water partition coefficient (Wildman–Crippen LogP) is 3.19. The van der Waals surface area contributed by atoms with E-state index in [-0.39, 0.29) is 12.1 Å². The van der Waals surface area contributed by atoms with E-state index in [2.05, 4.69) is 4.98 Å².